The molecule has 2 N–H and O–H groups in total. The van der Waals surface area contributed by atoms with Crippen LogP contribution in [0.2, 0.25) is 5.15 Å². The topological polar surface area (TPSA) is 79.5 Å². The first kappa shape index (κ1) is 13.8. The van der Waals surface area contributed by atoms with E-state index in [9.17, 15) is 9.59 Å². The van der Waals surface area contributed by atoms with E-state index in [1.165, 1.54) is 6.20 Å². The fourth-order valence-corrected chi connectivity index (χ4v) is 2.18. The summed E-state index contributed by atoms with van der Waals surface area (Å²) in [5.41, 5.74) is 5.82. The molecule has 1 aliphatic rings. The van der Waals surface area contributed by atoms with E-state index in [1.807, 2.05) is 0 Å². The second-order valence-electron chi connectivity index (χ2n) is 4.24. The van der Waals surface area contributed by atoms with Crippen LogP contribution in [0.5, 0.6) is 0 Å². The highest BCUT2D eigenvalue weighted by Crippen LogP contribution is 2.12. The Kier molecular flexibility index (Phi) is 4.34. The molecule has 6 nitrogen and oxygen atoms in total. The Morgan fingerprint density at radius 3 is 2.47 bits per heavy atom. The molecule has 102 valence electrons. The first-order valence-corrected chi connectivity index (χ1v) is 6.38. The summed E-state index contributed by atoms with van der Waals surface area (Å²) >= 11 is 5.76. The average molecular weight is 283 g/mol. The number of nitrogens with two attached hydrogens (primary N) is 1. The Hall–Kier alpha value is -1.66. The maximum absolute atomic E-state index is 12.2. The molecule has 0 radical (unpaired) electrons. The van der Waals surface area contributed by atoms with Crippen LogP contribution in [-0.2, 0) is 4.79 Å². The molecule has 2 rings (SSSR count). The molecule has 0 bridgehead atoms. The Balaban J connectivity index is 1.98. The van der Waals surface area contributed by atoms with Gasteiger partial charge in [-0.25, -0.2) is 4.98 Å². The Morgan fingerprint density at radius 2 is 1.89 bits per heavy atom. The summed E-state index contributed by atoms with van der Waals surface area (Å²) < 4.78 is 0. The van der Waals surface area contributed by atoms with Gasteiger partial charge >= 0.3 is 0 Å². The van der Waals surface area contributed by atoms with Gasteiger partial charge in [-0.05, 0) is 12.1 Å². The summed E-state index contributed by atoms with van der Waals surface area (Å²) in [4.78, 5) is 30.9. The Morgan fingerprint density at radius 1 is 1.26 bits per heavy atom. The minimum Gasteiger partial charge on any atom is -0.338 e. The first-order valence-electron chi connectivity index (χ1n) is 6.00. The molecular weight excluding hydrogens is 268 g/mol. The fourth-order valence-electron chi connectivity index (χ4n) is 2.01. The van der Waals surface area contributed by atoms with Gasteiger partial charge in [0, 0.05) is 37.9 Å². The molecule has 1 saturated heterocycles. The van der Waals surface area contributed by atoms with Gasteiger partial charge in [-0.1, -0.05) is 11.6 Å². The van der Waals surface area contributed by atoms with Crippen molar-refractivity contribution in [3.8, 4) is 0 Å². The quantitative estimate of drug-likeness (QED) is 0.773. The molecule has 1 aromatic rings. The van der Waals surface area contributed by atoms with Crippen LogP contribution in [0.4, 0.5) is 0 Å². The number of hydrogen-bond donors (Lipinski definition) is 1. The predicted octanol–water partition coefficient (Wildman–Crippen LogP) is -0.0219. The van der Waals surface area contributed by atoms with Crippen molar-refractivity contribution in [2.24, 2.45) is 5.73 Å². The van der Waals surface area contributed by atoms with Crippen LogP contribution in [0.1, 0.15) is 10.4 Å². The van der Waals surface area contributed by atoms with Gasteiger partial charge in [-0.3, -0.25) is 9.59 Å². The number of nitrogens with zero attached hydrogens (tertiary/aromatic N) is 3. The van der Waals surface area contributed by atoms with Gasteiger partial charge < -0.3 is 15.5 Å². The lowest BCUT2D eigenvalue weighted by Gasteiger charge is -2.34. The number of hydrogen-bond acceptors (Lipinski definition) is 4. The lowest BCUT2D eigenvalue weighted by Crippen LogP contribution is -2.51. The predicted molar refractivity (Wildman–Crippen MR) is 70.8 cm³/mol. The SMILES string of the molecule is NCC(=O)N1CCN(C(=O)c2ccnc(Cl)c2)CC1. The minimum absolute atomic E-state index is 0.00785. The first-order chi connectivity index (χ1) is 9.11. The average Bonchev–Trinajstić information content (AvgIpc) is 2.46. The van der Waals surface area contributed by atoms with Gasteiger partial charge in [0.15, 0.2) is 0 Å². The molecule has 0 aromatic carbocycles. The Bertz CT molecular complexity index is 486. The van der Waals surface area contributed by atoms with Crippen molar-refractivity contribution in [2.75, 3.05) is 32.7 Å². The summed E-state index contributed by atoms with van der Waals surface area (Å²) in [6.07, 6.45) is 1.50. The summed E-state index contributed by atoms with van der Waals surface area (Å²) in [7, 11) is 0. The number of amides is 2. The second kappa shape index (κ2) is 5.99. The normalized spacial score (nSPS) is 15.5. The third kappa shape index (κ3) is 3.21. The van der Waals surface area contributed by atoms with Crippen LogP contribution >= 0.6 is 11.6 Å². The fraction of sp³-hybridized carbons (Fsp3) is 0.417. The molecule has 1 fully saturated rings. The molecule has 2 heterocycles. The molecule has 19 heavy (non-hydrogen) atoms. The van der Waals surface area contributed by atoms with Crippen molar-refractivity contribution in [3.63, 3.8) is 0 Å². The van der Waals surface area contributed by atoms with Crippen LogP contribution in [0.3, 0.4) is 0 Å². The third-order valence-electron chi connectivity index (χ3n) is 3.07. The van der Waals surface area contributed by atoms with E-state index in [0.29, 0.717) is 36.9 Å². The summed E-state index contributed by atoms with van der Waals surface area (Å²) in [5.74, 6) is -0.178. The van der Waals surface area contributed by atoms with E-state index in [-0.39, 0.29) is 18.4 Å². The van der Waals surface area contributed by atoms with E-state index in [1.54, 1.807) is 21.9 Å². The molecule has 0 spiro atoms. The molecule has 0 aliphatic carbocycles. The molecule has 7 heteroatoms. The molecule has 0 saturated carbocycles. The molecule has 1 aliphatic heterocycles. The minimum atomic E-state index is -0.0934. The number of aromatic nitrogens is 1. The highest BCUT2D eigenvalue weighted by atomic mass is 35.5. The molecular formula is C12H15ClN4O2. The smallest absolute Gasteiger partial charge is 0.254 e. The maximum atomic E-state index is 12.2. The zero-order valence-electron chi connectivity index (χ0n) is 10.4. The monoisotopic (exact) mass is 282 g/mol. The highest BCUT2D eigenvalue weighted by Gasteiger charge is 2.24. The van der Waals surface area contributed by atoms with Gasteiger partial charge in [-0.2, -0.15) is 0 Å². The maximum Gasteiger partial charge on any atom is 0.254 e. The summed E-state index contributed by atoms with van der Waals surface area (Å²) in [5, 5.41) is 0.294. The number of carbonyl (C=O) groups is 2. The van der Waals surface area contributed by atoms with Crippen LogP contribution in [-0.4, -0.2) is 59.3 Å². The number of rotatable bonds is 2. The van der Waals surface area contributed by atoms with Gasteiger partial charge in [-0.15, -0.1) is 0 Å². The van der Waals surface area contributed by atoms with Gasteiger partial charge in [0.1, 0.15) is 5.15 Å². The standard InChI is InChI=1S/C12H15ClN4O2/c13-10-7-9(1-2-15-10)12(19)17-5-3-16(4-6-17)11(18)8-14/h1-2,7H,3-6,8,14H2. The van der Waals surface area contributed by atoms with Crippen molar-refractivity contribution >= 4 is 23.4 Å². The van der Waals surface area contributed by atoms with Crippen LogP contribution in [0, 0.1) is 0 Å². The summed E-state index contributed by atoms with van der Waals surface area (Å²) in [6.45, 7) is 2.05. The van der Waals surface area contributed by atoms with Crippen molar-refractivity contribution in [3.05, 3.63) is 29.0 Å². The van der Waals surface area contributed by atoms with Gasteiger partial charge in [0.2, 0.25) is 5.91 Å². The van der Waals surface area contributed by atoms with Crippen molar-refractivity contribution in [2.45, 2.75) is 0 Å². The molecule has 0 atom stereocenters. The second-order valence-corrected chi connectivity index (χ2v) is 4.63. The lowest BCUT2D eigenvalue weighted by atomic mass is 10.2. The molecule has 0 unspecified atom stereocenters. The van der Waals surface area contributed by atoms with E-state index < -0.39 is 0 Å². The van der Waals surface area contributed by atoms with Crippen molar-refractivity contribution < 1.29 is 9.59 Å². The highest BCUT2D eigenvalue weighted by molar-refractivity contribution is 6.29. The molecule has 1 aromatic heterocycles. The number of pyridine rings is 1. The van der Waals surface area contributed by atoms with Crippen molar-refractivity contribution in [1.29, 1.82) is 0 Å². The van der Waals surface area contributed by atoms with E-state index in [0.717, 1.165) is 0 Å². The molecule has 2 amide bonds. The van der Waals surface area contributed by atoms with Crippen LogP contribution in [0.25, 0.3) is 0 Å². The van der Waals surface area contributed by atoms with Crippen molar-refractivity contribution in [1.82, 2.24) is 14.8 Å². The third-order valence-corrected chi connectivity index (χ3v) is 3.27. The number of halogens is 1. The van der Waals surface area contributed by atoms with Gasteiger partial charge in [0.05, 0.1) is 6.54 Å². The van der Waals surface area contributed by atoms with Gasteiger partial charge in [0.25, 0.3) is 5.91 Å². The summed E-state index contributed by atoms with van der Waals surface area (Å²) in [6, 6.07) is 3.17. The van der Waals surface area contributed by atoms with E-state index in [2.05, 4.69) is 4.98 Å². The van der Waals surface area contributed by atoms with E-state index >= 15 is 0 Å². The zero-order chi connectivity index (χ0) is 13.8. The lowest BCUT2D eigenvalue weighted by molar-refractivity contribution is -0.131. The zero-order valence-corrected chi connectivity index (χ0v) is 11.1. The largest absolute Gasteiger partial charge is 0.338 e. The van der Waals surface area contributed by atoms with E-state index in [4.69, 9.17) is 17.3 Å². The van der Waals surface area contributed by atoms with Crippen LogP contribution < -0.4 is 5.73 Å². The Labute approximate surface area is 116 Å². The number of carbonyl (C=O) groups excluding carboxylic acids is 2. The number of piperazine rings is 1. The van der Waals surface area contributed by atoms with Crippen LogP contribution in [0.15, 0.2) is 18.3 Å².